The van der Waals surface area contributed by atoms with Gasteiger partial charge in [-0.2, -0.15) is 0 Å². The van der Waals surface area contributed by atoms with Crippen molar-refractivity contribution in [3.63, 3.8) is 0 Å². The summed E-state index contributed by atoms with van der Waals surface area (Å²) in [4.78, 5) is 10.9. The standard InChI is InChI=1S/C10H11ClFNO3/c1-16-9-3-8(12)7(11)2-5(9)6(4-13)10(14)15/h2-3,6H,4,13H2,1H3,(H,14,15). The van der Waals surface area contributed by atoms with Crippen molar-refractivity contribution >= 4 is 17.6 Å². The molecule has 6 heteroatoms. The Morgan fingerprint density at radius 1 is 1.69 bits per heavy atom. The van der Waals surface area contributed by atoms with Crippen LogP contribution in [0.5, 0.6) is 5.75 Å². The van der Waals surface area contributed by atoms with Gasteiger partial charge in [0.2, 0.25) is 0 Å². The summed E-state index contributed by atoms with van der Waals surface area (Å²) in [6, 6.07) is 2.27. The maximum atomic E-state index is 13.1. The van der Waals surface area contributed by atoms with Gasteiger partial charge in [0.1, 0.15) is 11.6 Å². The highest BCUT2D eigenvalue weighted by Crippen LogP contribution is 2.31. The first-order valence-corrected chi connectivity index (χ1v) is 4.84. The molecule has 0 heterocycles. The third-order valence-corrected chi connectivity index (χ3v) is 2.47. The molecule has 0 saturated heterocycles. The highest BCUT2D eigenvalue weighted by Gasteiger charge is 2.23. The topological polar surface area (TPSA) is 72.5 Å². The lowest BCUT2D eigenvalue weighted by molar-refractivity contribution is -0.138. The highest BCUT2D eigenvalue weighted by molar-refractivity contribution is 6.30. The molecule has 0 spiro atoms. The Balaban J connectivity index is 3.30. The van der Waals surface area contributed by atoms with Crippen molar-refractivity contribution in [2.75, 3.05) is 13.7 Å². The Morgan fingerprint density at radius 2 is 2.31 bits per heavy atom. The van der Waals surface area contributed by atoms with Crippen molar-refractivity contribution < 1.29 is 19.0 Å². The summed E-state index contributed by atoms with van der Waals surface area (Å²) < 4.78 is 18.0. The van der Waals surface area contributed by atoms with Crippen LogP contribution in [0.15, 0.2) is 12.1 Å². The van der Waals surface area contributed by atoms with Crippen LogP contribution >= 0.6 is 11.6 Å². The molecule has 3 N–H and O–H groups in total. The van der Waals surface area contributed by atoms with Crippen LogP contribution in [0.1, 0.15) is 11.5 Å². The lowest BCUT2D eigenvalue weighted by Crippen LogP contribution is -2.21. The van der Waals surface area contributed by atoms with Gasteiger partial charge >= 0.3 is 5.97 Å². The molecular formula is C10H11ClFNO3. The second-order valence-corrected chi connectivity index (χ2v) is 3.54. The van der Waals surface area contributed by atoms with Crippen molar-refractivity contribution in [3.05, 3.63) is 28.5 Å². The Bertz CT molecular complexity index is 411. The fourth-order valence-electron chi connectivity index (χ4n) is 1.35. The maximum absolute atomic E-state index is 13.1. The average Bonchev–Trinajstić information content (AvgIpc) is 2.23. The molecule has 0 amide bonds. The Hall–Kier alpha value is -1.33. The van der Waals surface area contributed by atoms with E-state index in [2.05, 4.69) is 0 Å². The normalized spacial score (nSPS) is 12.2. The van der Waals surface area contributed by atoms with Gasteiger partial charge in [0, 0.05) is 18.2 Å². The van der Waals surface area contributed by atoms with Crippen molar-refractivity contribution in [2.45, 2.75) is 5.92 Å². The molecule has 0 radical (unpaired) electrons. The molecule has 1 rings (SSSR count). The molecule has 1 aromatic carbocycles. The van der Waals surface area contributed by atoms with Crippen molar-refractivity contribution in [2.24, 2.45) is 5.73 Å². The number of hydrogen-bond donors (Lipinski definition) is 2. The lowest BCUT2D eigenvalue weighted by atomic mass is 9.98. The number of carbonyl (C=O) groups is 1. The number of hydrogen-bond acceptors (Lipinski definition) is 3. The summed E-state index contributed by atoms with van der Waals surface area (Å²) in [7, 11) is 1.32. The molecule has 1 atom stereocenters. The molecule has 16 heavy (non-hydrogen) atoms. The number of methoxy groups -OCH3 is 1. The summed E-state index contributed by atoms with van der Waals surface area (Å²) in [5, 5.41) is 8.78. The quantitative estimate of drug-likeness (QED) is 0.848. The summed E-state index contributed by atoms with van der Waals surface area (Å²) in [6.45, 7) is -0.117. The number of ether oxygens (including phenoxy) is 1. The van der Waals surface area contributed by atoms with Crippen LogP contribution in [0.4, 0.5) is 4.39 Å². The molecule has 0 saturated carbocycles. The number of carboxylic acids is 1. The Morgan fingerprint density at radius 3 is 2.75 bits per heavy atom. The van der Waals surface area contributed by atoms with E-state index in [4.69, 9.17) is 27.2 Å². The monoisotopic (exact) mass is 247 g/mol. The second-order valence-electron chi connectivity index (χ2n) is 3.13. The van der Waals surface area contributed by atoms with Gasteiger partial charge in [-0.05, 0) is 6.07 Å². The third kappa shape index (κ3) is 2.43. The van der Waals surface area contributed by atoms with Gasteiger partial charge in [0.15, 0.2) is 0 Å². The molecule has 0 aliphatic rings. The molecule has 88 valence electrons. The van der Waals surface area contributed by atoms with E-state index in [0.29, 0.717) is 0 Å². The van der Waals surface area contributed by atoms with Crippen molar-refractivity contribution in [3.8, 4) is 5.75 Å². The van der Waals surface area contributed by atoms with Gasteiger partial charge in [0.25, 0.3) is 0 Å². The summed E-state index contributed by atoms with van der Waals surface area (Å²) >= 11 is 5.58. The number of aliphatic carboxylic acids is 1. The van der Waals surface area contributed by atoms with Crippen LogP contribution in [-0.2, 0) is 4.79 Å². The average molecular weight is 248 g/mol. The van der Waals surface area contributed by atoms with Gasteiger partial charge in [0.05, 0.1) is 18.1 Å². The molecule has 1 aromatic rings. The van der Waals surface area contributed by atoms with Crippen LogP contribution in [0.3, 0.4) is 0 Å². The first-order valence-electron chi connectivity index (χ1n) is 4.47. The minimum Gasteiger partial charge on any atom is -0.496 e. The molecule has 0 bridgehead atoms. The van der Waals surface area contributed by atoms with Crippen molar-refractivity contribution in [1.29, 1.82) is 0 Å². The Labute approximate surface area is 96.8 Å². The largest absolute Gasteiger partial charge is 0.496 e. The van der Waals surface area contributed by atoms with Crippen LogP contribution in [0, 0.1) is 5.82 Å². The van der Waals surface area contributed by atoms with E-state index in [-0.39, 0.29) is 22.9 Å². The predicted octanol–water partition coefficient (Wildman–Crippen LogP) is 1.61. The van der Waals surface area contributed by atoms with Gasteiger partial charge in [-0.3, -0.25) is 4.79 Å². The SMILES string of the molecule is COc1cc(F)c(Cl)cc1C(CN)C(=O)O. The molecule has 0 aromatic heterocycles. The summed E-state index contributed by atoms with van der Waals surface area (Å²) in [5.74, 6) is -2.61. The number of carboxylic acid groups (broad SMARTS) is 1. The summed E-state index contributed by atoms with van der Waals surface area (Å²) in [5.41, 5.74) is 5.61. The van der Waals surface area contributed by atoms with E-state index in [0.717, 1.165) is 6.07 Å². The predicted molar refractivity (Wildman–Crippen MR) is 57.4 cm³/mol. The van der Waals surface area contributed by atoms with E-state index in [1.807, 2.05) is 0 Å². The van der Waals surface area contributed by atoms with Crippen LogP contribution < -0.4 is 10.5 Å². The second kappa shape index (κ2) is 5.14. The molecule has 0 aliphatic carbocycles. The highest BCUT2D eigenvalue weighted by atomic mass is 35.5. The number of halogens is 2. The van der Waals surface area contributed by atoms with E-state index < -0.39 is 17.7 Å². The molecule has 0 fully saturated rings. The number of nitrogens with two attached hydrogens (primary N) is 1. The zero-order valence-electron chi connectivity index (χ0n) is 8.54. The first kappa shape index (κ1) is 12.7. The van der Waals surface area contributed by atoms with Crippen LogP contribution in [0.2, 0.25) is 5.02 Å². The lowest BCUT2D eigenvalue weighted by Gasteiger charge is -2.15. The van der Waals surface area contributed by atoms with E-state index >= 15 is 0 Å². The van der Waals surface area contributed by atoms with E-state index in [1.165, 1.54) is 13.2 Å². The van der Waals surface area contributed by atoms with E-state index in [9.17, 15) is 9.18 Å². The number of rotatable bonds is 4. The molecular weight excluding hydrogens is 237 g/mol. The number of benzene rings is 1. The third-order valence-electron chi connectivity index (χ3n) is 2.18. The maximum Gasteiger partial charge on any atom is 0.312 e. The fraction of sp³-hybridized carbons (Fsp3) is 0.300. The van der Waals surface area contributed by atoms with Gasteiger partial charge in [-0.25, -0.2) is 4.39 Å². The zero-order valence-corrected chi connectivity index (χ0v) is 9.29. The van der Waals surface area contributed by atoms with Gasteiger partial charge in [-0.15, -0.1) is 0 Å². The zero-order chi connectivity index (χ0) is 12.3. The summed E-state index contributed by atoms with van der Waals surface area (Å²) in [6.07, 6.45) is 0. The van der Waals surface area contributed by atoms with Crippen LogP contribution in [0.25, 0.3) is 0 Å². The van der Waals surface area contributed by atoms with Gasteiger partial charge in [-0.1, -0.05) is 11.6 Å². The molecule has 1 unspecified atom stereocenters. The molecule has 0 aliphatic heterocycles. The van der Waals surface area contributed by atoms with E-state index in [1.54, 1.807) is 0 Å². The molecule has 4 nitrogen and oxygen atoms in total. The smallest absolute Gasteiger partial charge is 0.312 e. The minimum atomic E-state index is -1.11. The minimum absolute atomic E-state index is 0.117. The Kier molecular flexibility index (Phi) is 4.09. The van der Waals surface area contributed by atoms with Crippen molar-refractivity contribution in [1.82, 2.24) is 0 Å². The van der Waals surface area contributed by atoms with Gasteiger partial charge < -0.3 is 15.6 Å². The fourth-order valence-corrected chi connectivity index (χ4v) is 1.53. The first-order chi connectivity index (χ1) is 7.51. The van der Waals surface area contributed by atoms with Crippen LogP contribution in [-0.4, -0.2) is 24.7 Å².